The zero-order chi connectivity index (χ0) is 22.9. The molecule has 6 nitrogen and oxygen atoms in total. The van der Waals surface area contributed by atoms with Gasteiger partial charge in [-0.3, -0.25) is 4.79 Å². The molecule has 0 atom stereocenters. The Labute approximate surface area is 192 Å². The third-order valence-electron chi connectivity index (χ3n) is 4.53. The minimum absolute atomic E-state index is 0.357. The summed E-state index contributed by atoms with van der Waals surface area (Å²) in [4.78, 5) is 12.4. The van der Waals surface area contributed by atoms with Crippen LogP contribution in [0.15, 0.2) is 65.8 Å². The van der Waals surface area contributed by atoms with Crippen molar-refractivity contribution >= 4 is 23.7 Å². The second kappa shape index (κ2) is 11.2. The van der Waals surface area contributed by atoms with Gasteiger partial charge >= 0.3 is 0 Å². The molecule has 0 bridgehead atoms. The summed E-state index contributed by atoms with van der Waals surface area (Å²) in [6.45, 7) is 4.68. The highest BCUT2D eigenvalue weighted by molar-refractivity contribution is 6.30. The minimum atomic E-state index is -0.357. The molecular formula is C25H25ClN2O4. The Morgan fingerprint density at radius 3 is 2.62 bits per heavy atom. The van der Waals surface area contributed by atoms with Crippen molar-refractivity contribution < 1.29 is 19.0 Å². The minimum Gasteiger partial charge on any atom is -0.496 e. The molecule has 0 aliphatic carbocycles. The lowest BCUT2D eigenvalue weighted by molar-refractivity contribution is 0.0952. The number of methoxy groups -OCH3 is 1. The standard InChI is InChI=1S/C25H25ClN2O4/c1-4-31-24-14-18(9-11-22(24)32-16-19-6-5-7-20(26)13-19)15-27-28-25(29)21-10-8-17(2)12-23(21)30-3/h5-15H,4,16H2,1-3H3,(H,28,29)/b27-15+. The number of benzene rings is 3. The first-order valence-electron chi connectivity index (χ1n) is 10.1. The molecule has 0 saturated carbocycles. The molecule has 0 aromatic heterocycles. The van der Waals surface area contributed by atoms with Crippen molar-refractivity contribution in [2.75, 3.05) is 13.7 Å². The predicted molar refractivity (Wildman–Crippen MR) is 126 cm³/mol. The fraction of sp³-hybridized carbons (Fsp3) is 0.200. The molecule has 0 aliphatic rings. The van der Waals surface area contributed by atoms with Gasteiger partial charge in [0, 0.05) is 5.02 Å². The average molecular weight is 453 g/mol. The first kappa shape index (κ1) is 23.2. The average Bonchev–Trinajstić information content (AvgIpc) is 2.78. The van der Waals surface area contributed by atoms with E-state index in [1.54, 1.807) is 24.4 Å². The van der Waals surface area contributed by atoms with Gasteiger partial charge in [0.2, 0.25) is 0 Å². The van der Waals surface area contributed by atoms with E-state index in [2.05, 4.69) is 10.5 Å². The zero-order valence-electron chi connectivity index (χ0n) is 18.2. The Bertz CT molecular complexity index is 1110. The lowest BCUT2D eigenvalue weighted by Gasteiger charge is -2.13. The Hall–Kier alpha value is -3.51. The molecule has 1 amide bonds. The molecule has 0 unspecified atom stereocenters. The molecule has 32 heavy (non-hydrogen) atoms. The molecule has 3 rings (SSSR count). The van der Waals surface area contributed by atoms with Gasteiger partial charge in [-0.2, -0.15) is 5.10 Å². The van der Waals surface area contributed by atoms with Crippen LogP contribution in [0, 0.1) is 6.92 Å². The highest BCUT2D eigenvalue weighted by atomic mass is 35.5. The first-order valence-corrected chi connectivity index (χ1v) is 10.5. The van der Waals surface area contributed by atoms with E-state index in [-0.39, 0.29) is 5.91 Å². The smallest absolute Gasteiger partial charge is 0.275 e. The van der Waals surface area contributed by atoms with Crippen LogP contribution in [0.1, 0.15) is 34.0 Å². The second-order valence-electron chi connectivity index (χ2n) is 6.96. The summed E-state index contributed by atoms with van der Waals surface area (Å²) in [5, 5.41) is 4.72. The summed E-state index contributed by atoms with van der Waals surface area (Å²) < 4.78 is 16.9. The Morgan fingerprint density at radius 1 is 1.03 bits per heavy atom. The Morgan fingerprint density at radius 2 is 1.88 bits per heavy atom. The molecule has 0 radical (unpaired) electrons. The van der Waals surface area contributed by atoms with E-state index in [1.807, 2.05) is 56.3 Å². The van der Waals surface area contributed by atoms with E-state index < -0.39 is 0 Å². The molecule has 1 N–H and O–H groups in total. The SMILES string of the molecule is CCOc1cc(/C=N/NC(=O)c2ccc(C)cc2OC)ccc1OCc1cccc(Cl)c1. The lowest BCUT2D eigenvalue weighted by Crippen LogP contribution is -2.18. The van der Waals surface area contributed by atoms with Crippen molar-refractivity contribution in [1.29, 1.82) is 0 Å². The van der Waals surface area contributed by atoms with Crippen LogP contribution in [0.3, 0.4) is 0 Å². The van der Waals surface area contributed by atoms with Crippen LogP contribution < -0.4 is 19.6 Å². The largest absolute Gasteiger partial charge is 0.496 e. The zero-order valence-corrected chi connectivity index (χ0v) is 19.0. The van der Waals surface area contributed by atoms with Gasteiger partial charge < -0.3 is 14.2 Å². The van der Waals surface area contributed by atoms with Crippen molar-refractivity contribution in [3.8, 4) is 17.2 Å². The van der Waals surface area contributed by atoms with Crippen LogP contribution in [-0.4, -0.2) is 25.8 Å². The van der Waals surface area contributed by atoms with Crippen molar-refractivity contribution in [1.82, 2.24) is 5.43 Å². The monoisotopic (exact) mass is 452 g/mol. The van der Waals surface area contributed by atoms with E-state index in [1.165, 1.54) is 7.11 Å². The van der Waals surface area contributed by atoms with Gasteiger partial charge in [0.25, 0.3) is 5.91 Å². The molecule has 0 saturated heterocycles. The van der Waals surface area contributed by atoms with Gasteiger partial charge in [-0.25, -0.2) is 5.43 Å². The number of rotatable bonds is 9. The molecule has 0 heterocycles. The number of aryl methyl sites for hydroxylation is 1. The van der Waals surface area contributed by atoms with Crippen molar-refractivity contribution in [3.05, 3.63) is 87.9 Å². The van der Waals surface area contributed by atoms with Gasteiger partial charge in [-0.05, 0) is 73.0 Å². The summed E-state index contributed by atoms with van der Waals surface area (Å²) in [5.74, 6) is 1.34. The lowest BCUT2D eigenvalue weighted by atomic mass is 10.1. The number of ether oxygens (including phenoxy) is 3. The van der Waals surface area contributed by atoms with E-state index >= 15 is 0 Å². The highest BCUT2D eigenvalue weighted by Gasteiger charge is 2.11. The van der Waals surface area contributed by atoms with Gasteiger partial charge in [0.15, 0.2) is 11.5 Å². The second-order valence-corrected chi connectivity index (χ2v) is 7.40. The normalized spacial score (nSPS) is 10.8. The van der Waals surface area contributed by atoms with E-state index in [4.69, 9.17) is 25.8 Å². The molecule has 166 valence electrons. The first-order chi connectivity index (χ1) is 15.5. The quantitative estimate of drug-likeness (QED) is 0.348. The fourth-order valence-corrected chi connectivity index (χ4v) is 3.20. The maximum Gasteiger partial charge on any atom is 0.275 e. The third-order valence-corrected chi connectivity index (χ3v) is 4.77. The van der Waals surface area contributed by atoms with Crippen LogP contribution in [0.25, 0.3) is 0 Å². The fourth-order valence-electron chi connectivity index (χ4n) is 2.99. The molecular weight excluding hydrogens is 428 g/mol. The Balaban J connectivity index is 1.68. The van der Waals surface area contributed by atoms with Gasteiger partial charge in [-0.1, -0.05) is 29.8 Å². The van der Waals surface area contributed by atoms with Crippen LogP contribution >= 0.6 is 11.6 Å². The van der Waals surface area contributed by atoms with Gasteiger partial charge in [0.05, 0.1) is 25.5 Å². The molecule has 0 aliphatic heterocycles. The summed E-state index contributed by atoms with van der Waals surface area (Å²) in [7, 11) is 1.53. The maximum absolute atomic E-state index is 12.4. The molecule has 0 fully saturated rings. The molecule has 3 aromatic rings. The number of amides is 1. The maximum atomic E-state index is 12.4. The number of halogens is 1. The van der Waals surface area contributed by atoms with Crippen LogP contribution in [0.2, 0.25) is 5.02 Å². The summed E-state index contributed by atoms with van der Waals surface area (Å²) in [6.07, 6.45) is 1.54. The topological polar surface area (TPSA) is 69.2 Å². The van der Waals surface area contributed by atoms with Crippen LogP contribution in [0.5, 0.6) is 17.2 Å². The van der Waals surface area contributed by atoms with E-state index in [9.17, 15) is 4.79 Å². The van der Waals surface area contributed by atoms with E-state index in [0.29, 0.717) is 41.0 Å². The number of nitrogens with zero attached hydrogens (tertiary/aromatic N) is 1. The number of carbonyl (C=O) groups excluding carboxylic acids is 1. The number of hydrogen-bond acceptors (Lipinski definition) is 5. The summed E-state index contributed by atoms with van der Waals surface area (Å²) in [6, 6.07) is 18.3. The van der Waals surface area contributed by atoms with Crippen molar-refractivity contribution in [2.24, 2.45) is 5.10 Å². The van der Waals surface area contributed by atoms with Crippen LogP contribution in [-0.2, 0) is 6.61 Å². The molecule has 3 aromatic carbocycles. The van der Waals surface area contributed by atoms with Crippen molar-refractivity contribution in [3.63, 3.8) is 0 Å². The number of hydrogen-bond donors (Lipinski definition) is 1. The molecule has 0 spiro atoms. The summed E-state index contributed by atoms with van der Waals surface area (Å²) >= 11 is 6.03. The van der Waals surface area contributed by atoms with Gasteiger partial charge in [0.1, 0.15) is 12.4 Å². The highest BCUT2D eigenvalue weighted by Crippen LogP contribution is 2.29. The third kappa shape index (κ3) is 6.25. The van der Waals surface area contributed by atoms with Crippen molar-refractivity contribution in [2.45, 2.75) is 20.5 Å². The van der Waals surface area contributed by atoms with E-state index in [0.717, 1.165) is 16.7 Å². The van der Waals surface area contributed by atoms with Gasteiger partial charge in [-0.15, -0.1) is 0 Å². The summed E-state index contributed by atoms with van der Waals surface area (Å²) in [5.41, 5.74) is 5.65. The molecule has 7 heteroatoms. The Kier molecular flexibility index (Phi) is 8.11. The predicted octanol–water partition coefficient (Wildman–Crippen LogP) is 5.40. The van der Waals surface area contributed by atoms with Crippen LogP contribution in [0.4, 0.5) is 0 Å². The number of carbonyl (C=O) groups is 1. The number of hydrazone groups is 1. The number of nitrogens with one attached hydrogen (secondary N) is 1.